The maximum Gasteiger partial charge on any atom is 0.153 e. The summed E-state index contributed by atoms with van der Waals surface area (Å²) in [6.45, 7) is 3.09. The fraction of sp³-hybridized carbons (Fsp3) is 0.219. The first kappa shape index (κ1) is 30.1. The molecule has 9 heteroatoms. The Morgan fingerprint density at radius 3 is 2.56 bits per heavy atom. The van der Waals surface area contributed by atoms with Crippen molar-refractivity contribution in [3.63, 3.8) is 0 Å². The van der Waals surface area contributed by atoms with Gasteiger partial charge in [-0.25, -0.2) is 0 Å². The van der Waals surface area contributed by atoms with Crippen molar-refractivity contribution in [2.75, 3.05) is 18.5 Å². The van der Waals surface area contributed by atoms with Crippen LogP contribution in [-0.4, -0.2) is 41.5 Å². The minimum absolute atomic E-state index is 0.0616. The summed E-state index contributed by atoms with van der Waals surface area (Å²) in [5.74, 6) is 1.53. The van der Waals surface area contributed by atoms with Crippen LogP contribution in [0.1, 0.15) is 34.3 Å². The molecule has 0 saturated heterocycles. The molecule has 0 fully saturated rings. The van der Waals surface area contributed by atoms with Crippen molar-refractivity contribution in [2.45, 2.75) is 26.4 Å². The molecule has 1 aliphatic rings. The van der Waals surface area contributed by atoms with E-state index >= 15 is 0 Å². The molecule has 0 aromatic heterocycles. The van der Waals surface area contributed by atoms with Gasteiger partial charge in [0, 0.05) is 11.4 Å². The normalized spacial score (nSPS) is 13.7. The zero-order valence-corrected chi connectivity index (χ0v) is 24.9. The molecule has 0 atom stereocenters. The number of nitrogens with one attached hydrogen (secondary N) is 1. The van der Waals surface area contributed by atoms with E-state index in [1.54, 1.807) is 12.1 Å². The average molecular weight is 638 g/mol. The predicted octanol–water partition coefficient (Wildman–Crippen LogP) is 7.99. The van der Waals surface area contributed by atoms with Crippen LogP contribution in [0.3, 0.4) is 0 Å². The van der Waals surface area contributed by atoms with Gasteiger partial charge in [-0.15, -0.1) is 0 Å². The van der Waals surface area contributed by atoms with E-state index in [2.05, 4.69) is 46.2 Å². The summed E-state index contributed by atoms with van der Waals surface area (Å²) in [5.41, 5.74) is 5.38. The van der Waals surface area contributed by atoms with Crippen LogP contribution in [0.15, 0.2) is 83.6 Å². The van der Waals surface area contributed by atoms with Crippen LogP contribution in [0, 0.1) is 12.3 Å². The molecule has 0 aliphatic heterocycles. The molecule has 212 valence electrons. The summed E-state index contributed by atoms with van der Waals surface area (Å²) in [4.78, 5) is 11.7. The summed E-state index contributed by atoms with van der Waals surface area (Å²) >= 11 is 9.90. The molecule has 0 radical (unpaired) electrons. The number of halogens is 2. The Balaban J connectivity index is 1.47. The molecule has 0 amide bonds. The van der Waals surface area contributed by atoms with Crippen LogP contribution in [0.4, 0.5) is 0 Å². The van der Waals surface area contributed by atoms with E-state index in [0.29, 0.717) is 35.0 Å². The number of carbonyl (C=O) groups is 1. The van der Waals surface area contributed by atoms with Crippen molar-refractivity contribution in [1.82, 2.24) is 0 Å². The minimum atomic E-state index is 0.0616. The third-order valence-corrected chi connectivity index (χ3v) is 7.38. The zero-order valence-electron chi connectivity index (χ0n) is 22.5. The second-order valence-electron chi connectivity index (χ2n) is 9.33. The Morgan fingerprint density at radius 1 is 1.00 bits per heavy atom. The minimum Gasteiger partial charge on any atom is -0.494 e. The number of nitrogens with zero attached hydrogens (tertiary/aromatic N) is 1. The number of unbranched alkanes of at least 4 members (excludes halogenated alkanes) is 1. The van der Waals surface area contributed by atoms with Crippen LogP contribution in [0.25, 0.3) is 11.1 Å². The SMILES string of the molecule is Cc1c(COc2cc(OCC3=CC(=N)/C(=N\O)C=C3)c(C=O)cc2Cl)cccc1-c1cccc(OCCCCBr)c1. The molecule has 0 bridgehead atoms. The van der Waals surface area contributed by atoms with Gasteiger partial charge in [0.2, 0.25) is 0 Å². The Labute approximate surface area is 252 Å². The Bertz CT molecular complexity index is 1520. The van der Waals surface area contributed by atoms with Crippen molar-refractivity contribution in [3.8, 4) is 28.4 Å². The monoisotopic (exact) mass is 636 g/mol. The summed E-state index contributed by atoms with van der Waals surface area (Å²) in [5, 5.41) is 21.1. The number of hydrogen-bond acceptors (Lipinski definition) is 7. The number of alkyl halides is 1. The number of rotatable bonds is 13. The van der Waals surface area contributed by atoms with Crippen LogP contribution in [-0.2, 0) is 6.61 Å². The second kappa shape index (κ2) is 14.7. The molecule has 0 unspecified atom stereocenters. The third kappa shape index (κ3) is 7.86. The molecule has 3 aromatic rings. The standard InChI is InChI=1S/C32H30BrClN2O5/c1-21-24(7-5-9-27(21)23-6-4-8-26(15-23)39-13-3-2-12-33)20-41-32-17-31(25(18-37)16-28(32)34)40-19-22-10-11-30(36-38)29(35)14-22/h4-11,14-18,35,38H,2-3,12-13,19-20H2,1H3/b35-29?,36-30-. The number of aldehydes is 1. The molecule has 0 spiro atoms. The van der Waals surface area contributed by atoms with Crippen LogP contribution < -0.4 is 14.2 Å². The molecular weight excluding hydrogens is 608 g/mol. The lowest BCUT2D eigenvalue weighted by atomic mass is 9.96. The van der Waals surface area contributed by atoms with Gasteiger partial charge in [-0.3, -0.25) is 10.2 Å². The van der Waals surface area contributed by atoms with Crippen molar-refractivity contribution in [2.24, 2.45) is 5.16 Å². The highest BCUT2D eigenvalue weighted by Gasteiger charge is 2.15. The van der Waals surface area contributed by atoms with E-state index in [1.165, 1.54) is 18.2 Å². The first-order chi connectivity index (χ1) is 19.9. The highest BCUT2D eigenvalue weighted by molar-refractivity contribution is 9.09. The van der Waals surface area contributed by atoms with Gasteiger partial charge < -0.3 is 19.4 Å². The molecule has 0 heterocycles. The van der Waals surface area contributed by atoms with Gasteiger partial charge in [0.15, 0.2) is 6.29 Å². The van der Waals surface area contributed by atoms with E-state index in [1.807, 2.05) is 24.3 Å². The summed E-state index contributed by atoms with van der Waals surface area (Å²) in [7, 11) is 0. The van der Waals surface area contributed by atoms with Crippen LogP contribution in [0.2, 0.25) is 5.02 Å². The highest BCUT2D eigenvalue weighted by atomic mass is 79.9. The van der Waals surface area contributed by atoms with Crippen molar-refractivity contribution < 1.29 is 24.2 Å². The van der Waals surface area contributed by atoms with Crippen LogP contribution in [0.5, 0.6) is 17.2 Å². The van der Waals surface area contributed by atoms with Crippen molar-refractivity contribution in [1.29, 1.82) is 5.41 Å². The van der Waals surface area contributed by atoms with E-state index in [-0.39, 0.29) is 30.2 Å². The molecule has 4 rings (SSSR count). The largest absolute Gasteiger partial charge is 0.494 e. The van der Waals surface area contributed by atoms with E-state index in [9.17, 15) is 4.79 Å². The summed E-state index contributed by atoms with van der Waals surface area (Å²) < 4.78 is 17.9. The van der Waals surface area contributed by atoms with E-state index < -0.39 is 0 Å². The number of oxime groups is 1. The summed E-state index contributed by atoms with van der Waals surface area (Å²) in [6.07, 6.45) is 7.46. The lowest BCUT2D eigenvalue weighted by Gasteiger charge is -2.16. The van der Waals surface area contributed by atoms with Gasteiger partial charge in [-0.2, -0.15) is 0 Å². The summed E-state index contributed by atoms with van der Waals surface area (Å²) in [6, 6.07) is 17.3. The fourth-order valence-corrected chi connectivity index (χ4v) is 4.87. The Hall–Kier alpha value is -3.88. The van der Waals surface area contributed by atoms with Crippen LogP contribution >= 0.6 is 27.5 Å². The quantitative estimate of drug-likeness (QED) is 0.0494. The molecule has 2 N–H and O–H groups in total. The number of ether oxygens (including phenoxy) is 3. The first-order valence-electron chi connectivity index (χ1n) is 13.0. The molecule has 0 saturated carbocycles. The lowest BCUT2D eigenvalue weighted by Crippen LogP contribution is -2.14. The van der Waals surface area contributed by atoms with Gasteiger partial charge >= 0.3 is 0 Å². The van der Waals surface area contributed by atoms with Crippen molar-refractivity contribution in [3.05, 3.63) is 100 Å². The smallest absolute Gasteiger partial charge is 0.153 e. The van der Waals surface area contributed by atoms with E-state index in [0.717, 1.165) is 46.2 Å². The maximum absolute atomic E-state index is 11.7. The lowest BCUT2D eigenvalue weighted by molar-refractivity contribution is 0.112. The zero-order chi connectivity index (χ0) is 29.2. The fourth-order valence-electron chi connectivity index (χ4n) is 4.25. The number of allylic oxidation sites excluding steroid dienone is 2. The second-order valence-corrected chi connectivity index (χ2v) is 10.5. The van der Waals surface area contributed by atoms with Gasteiger partial charge in [0.25, 0.3) is 0 Å². The third-order valence-electron chi connectivity index (χ3n) is 6.53. The average Bonchev–Trinajstić information content (AvgIpc) is 2.98. The van der Waals surface area contributed by atoms with E-state index in [4.69, 9.17) is 36.4 Å². The first-order valence-corrected chi connectivity index (χ1v) is 14.5. The maximum atomic E-state index is 11.7. The van der Waals surface area contributed by atoms with Gasteiger partial charge in [0.1, 0.15) is 36.2 Å². The molecule has 7 nitrogen and oxygen atoms in total. The molecule has 3 aromatic carbocycles. The van der Waals surface area contributed by atoms with Crippen molar-refractivity contribution >= 4 is 45.2 Å². The Kier molecular flexibility index (Phi) is 10.8. The molecule has 1 aliphatic carbocycles. The predicted molar refractivity (Wildman–Crippen MR) is 166 cm³/mol. The van der Waals surface area contributed by atoms with Gasteiger partial charge in [-0.05, 0) is 77.9 Å². The number of benzene rings is 3. The molecular formula is C32H30BrClN2O5. The molecule has 41 heavy (non-hydrogen) atoms. The van der Waals surface area contributed by atoms with Gasteiger partial charge in [-0.1, -0.05) is 69.1 Å². The Morgan fingerprint density at radius 2 is 1.80 bits per heavy atom. The topological polar surface area (TPSA) is 101 Å². The number of carbonyl (C=O) groups excluding carboxylic acids is 1. The number of hydrogen-bond donors (Lipinski definition) is 2. The van der Waals surface area contributed by atoms with Gasteiger partial charge in [0.05, 0.1) is 22.9 Å². The highest BCUT2D eigenvalue weighted by Crippen LogP contribution is 2.34.